The number of benzene rings is 1. The second-order valence-electron chi connectivity index (χ2n) is 3.60. The van der Waals surface area contributed by atoms with Crippen LogP contribution in [0.1, 0.15) is 13.3 Å². The number of sulfonamides is 1. The molecule has 4 N–H and O–H groups in total. The Labute approximate surface area is 109 Å². The Morgan fingerprint density at radius 3 is 2.65 bits per heavy atom. The van der Waals surface area contributed by atoms with Crippen LogP contribution < -0.4 is 10.5 Å². The molecule has 0 radical (unpaired) electrons. The van der Waals surface area contributed by atoms with E-state index in [4.69, 9.17) is 10.8 Å². The number of nitrogen functional groups attached to an aromatic ring is 1. The summed E-state index contributed by atoms with van der Waals surface area (Å²) >= 11 is 3.16. The average Bonchev–Trinajstić information content (AvgIpc) is 2.25. The van der Waals surface area contributed by atoms with Gasteiger partial charge in [0.05, 0.1) is 11.5 Å². The van der Waals surface area contributed by atoms with Gasteiger partial charge in [-0.2, -0.15) is 0 Å². The number of anilines is 1. The standard InChI is InChI=1S/C10H15BrN2O3S/c1-2-8(6-14)13-17(15,16)10-4-3-7(12)5-9(10)11/h3-5,8,13-14H,2,6,12H2,1H3/t8-/m0/s1. The molecular weight excluding hydrogens is 308 g/mol. The Balaban J connectivity index is 3.05. The van der Waals surface area contributed by atoms with Crippen LogP contribution in [-0.4, -0.2) is 26.2 Å². The van der Waals surface area contributed by atoms with Gasteiger partial charge in [0.25, 0.3) is 0 Å². The number of halogens is 1. The number of aliphatic hydroxyl groups is 1. The maximum atomic E-state index is 12.0. The second kappa shape index (κ2) is 5.81. The first-order chi connectivity index (χ1) is 7.90. The molecule has 0 aliphatic rings. The predicted molar refractivity (Wildman–Crippen MR) is 70.0 cm³/mol. The van der Waals surface area contributed by atoms with E-state index in [-0.39, 0.29) is 11.5 Å². The van der Waals surface area contributed by atoms with Gasteiger partial charge in [-0.25, -0.2) is 13.1 Å². The van der Waals surface area contributed by atoms with Gasteiger partial charge in [0, 0.05) is 16.2 Å². The third kappa shape index (κ3) is 3.67. The summed E-state index contributed by atoms with van der Waals surface area (Å²) < 4.78 is 26.8. The van der Waals surface area contributed by atoms with Crippen molar-refractivity contribution < 1.29 is 13.5 Å². The van der Waals surface area contributed by atoms with Crippen LogP contribution in [0.4, 0.5) is 5.69 Å². The highest BCUT2D eigenvalue weighted by atomic mass is 79.9. The van der Waals surface area contributed by atoms with Crippen LogP contribution in [0.3, 0.4) is 0 Å². The van der Waals surface area contributed by atoms with E-state index < -0.39 is 16.1 Å². The Morgan fingerprint density at radius 2 is 2.18 bits per heavy atom. The highest BCUT2D eigenvalue weighted by Gasteiger charge is 2.20. The molecule has 0 heterocycles. The molecule has 1 atom stereocenters. The van der Waals surface area contributed by atoms with Crippen molar-refractivity contribution in [1.29, 1.82) is 0 Å². The van der Waals surface area contributed by atoms with Crippen molar-refractivity contribution in [2.24, 2.45) is 0 Å². The molecule has 5 nitrogen and oxygen atoms in total. The van der Waals surface area contributed by atoms with E-state index in [1.54, 1.807) is 6.92 Å². The summed E-state index contributed by atoms with van der Waals surface area (Å²) in [5, 5.41) is 8.99. The number of nitrogens with two attached hydrogens (primary N) is 1. The quantitative estimate of drug-likeness (QED) is 0.707. The molecule has 17 heavy (non-hydrogen) atoms. The summed E-state index contributed by atoms with van der Waals surface area (Å²) in [6.45, 7) is 1.56. The summed E-state index contributed by atoms with van der Waals surface area (Å²) in [6, 6.07) is 3.98. The van der Waals surface area contributed by atoms with E-state index in [0.717, 1.165) is 0 Å². The maximum absolute atomic E-state index is 12.0. The van der Waals surface area contributed by atoms with Gasteiger partial charge < -0.3 is 10.8 Å². The lowest BCUT2D eigenvalue weighted by atomic mass is 10.3. The van der Waals surface area contributed by atoms with Crippen molar-refractivity contribution in [3.05, 3.63) is 22.7 Å². The first kappa shape index (κ1) is 14.4. The normalized spacial score (nSPS) is 13.6. The molecule has 0 unspecified atom stereocenters. The fraction of sp³-hybridized carbons (Fsp3) is 0.400. The molecule has 0 bridgehead atoms. The molecule has 0 aliphatic heterocycles. The van der Waals surface area contributed by atoms with Gasteiger partial charge in [0.2, 0.25) is 10.0 Å². The van der Waals surface area contributed by atoms with Gasteiger partial charge in [-0.05, 0) is 40.5 Å². The number of rotatable bonds is 5. The van der Waals surface area contributed by atoms with Crippen molar-refractivity contribution in [3.8, 4) is 0 Å². The van der Waals surface area contributed by atoms with Crippen LogP contribution in [0.25, 0.3) is 0 Å². The number of hydrogen-bond donors (Lipinski definition) is 3. The average molecular weight is 323 g/mol. The molecular formula is C10H15BrN2O3S. The lowest BCUT2D eigenvalue weighted by molar-refractivity contribution is 0.254. The van der Waals surface area contributed by atoms with Crippen LogP contribution >= 0.6 is 15.9 Å². The maximum Gasteiger partial charge on any atom is 0.242 e. The molecule has 0 saturated heterocycles. The summed E-state index contributed by atoms with van der Waals surface area (Å²) in [5.74, 6) is 0. The van der Waals surface area contributed by atoms with Crippen LogP contribution in [0, 0.1) is 0 Å². The van der Waals surface area contributed by atoms with Crippen molar-refractivity contribution >= 4 is 31.6 Å². The Bertz CT molecular complexity index is 486. The molecule has 7 heteroatoms. The molecule has 0 aliphatic carbocycles. The van der Waals surface area contributed by atoms with Gasteiger partial charge in [0.1, 0.15) is 0 Å². The largest absolute Gasteiger partial charge is 0.399 e. The van der Waals surface area contributed by atoms with Gasteiger partial charge >= 0.3 is 0 Å². The molecule has 96 valence electrons. The summed E-state index contributed by atoms with van der Waals surface area (Å²) in [5.41, 5.74) is 6.02. The first-order valence-electron chi connectivity index (χ1n) is 5.09. The SMILES string of the molecule is CC[C@@H](CO)NS(=O)(=O)c1ccc(N)cc1Br. The highest BCUT2D eigenvalue weighted by Crippen LogP contribution is 2.24. The predicted octanol–water partition coefficient (Wildman–Crippen LogP) is 1.08. The van der Waals surface area contributed by atoms with Crippen LogP contribution in [0.5, 0.6) is 0 Å². The highest BCUT2D eigenvalue weighted by molar-refractivity contribution is 9.10. The monoisotopic (exact) mass is 322 g/mol. The minimum absolute atomic E-state index is 0.110. The molecule has 1 aromatic carbocycles. The van der Waals surface area contributed by atoms with Crippen molar-refractivity contribution in [2.75, 3.05) is 12.3 Å². The Kier molecular flexibility index (Phi) is 4.93. The van der Waals surface area contributed by atoms with Gasteiger partial charge in [-0.15, -0.1) is 0 Å². The Morgan fingerprint density at radius 1 is 1.53 bits per heavy atom. The van der Waals surface area contributed by atoms with E-state index in [9.17, 15) is 8.42 Å². The van der Waals surface area contributed by atoms with E-state index in [1.807, 2.05) is 0 Å². The minimum atomic E-state index is -3.64. The second-order valence-corrected chi connectivity index (χ2v) is 6.14. The van der Waals surface area contributed by atoms with Crippen molar-refractivity contribution in [3.63, 3.8) is 0 Å². The molecule has 0 spiro atoms. The smallest absolute Gasteiger partial charge is 0.242 e. The zero-order valence-electron chi connectivity index (χ0n) is 9.35. The molecule has 0 aromatic heterocycles. The first-order valence-corrected chi connectivity index (χ1v) is 7.36. The van der Waals surface area contributed by atoms with Crippen molar-refractivity contribution in [1.82, 2.24) is 4.72 Å². The molecule has 0 amide bonds. The van der Waals surface area contributed by atoms with Gasteiger partial charge in [0.15, 0.2) is 0 Å². The van der Waals surface area contributed by atoms with Gasteiger partial charge in [-0.3, -0.25) is 0 Å². The molecule has 1 aromatic rings. The number of hydrogen-bond acceptors (Lipinski definition) is 4. The molecule has 0 fully saturated rings. The summed E-state index contributed by atoms with van der Waals surface area (Å²) in [7, 11) is -3.64. The summed E-state index contributed by atoms with van der Waals surface area (Å²) in [4.78, 5) is 0.110. The van der Waals surface area contributed by atoms with Crippen molar-refractivity contribution in [2.45, 2.75) is 24.3 Å². The molecule has 1 rings (SSSR count). The van der Waals surface area contributed by atoms with E-state index in [1.165, 1.54) is 18.2 Å². The fourth-order valence-electron chi connectivity index (χ4n) is 1.27. The summed E-state index contributed by atoms with van der Waals surface area (Å²) in [6.07, 6.45) is 0.516. The van der Waals surface area contributed by atoms with Gasteiger partial charge in [-0.1, -0.05) is 6.92 Å². The lowest BCUT2D eigenvalue weighted by Gasteiger charge is -2.15. The fourth-order valence-corrected chi connectivity index (χ4v) is 3.67. The number of nitrogens with one attached hydrogen (secondary N) is 1. The van der Waals surface area contributed by atoms with E-state index in [2.05, 4.69) is 20.7 Å². The van der Waals surface area contributed by atoms with E-state index >= 15 is 0 Å². The third-order valence-electron chi connectivity index (χ3n) is 2.28. The zero-order chi connectivity index (χ0) is 13.1. The lowest BCUT2D eigenvalue weighted by Crippen LogP contribution is -2.37. The van der Waals surface area contributed by atoms with Crippen LogP contribution in [0.15, 0.2) is 27.6 Å². The van der Waals surface area contributed by atoms with Crippen LogP contribution in [-0.2, 0) is 10.0 Å². The third-order valence-corrected chi connectivity index (χ3v) is 4.78. The topological polar surface area (TPSA) is 92.4 Å². The molecule has 0 saturated carbocycles. The number of aliphatic hydroxyl groups excluding tert-OH is 1. The van der Waals surface area contributed by atoms with E-state index in [0.29, 0.717) is 16.6 Å². The zero-order valence-corrected chi connectivity index (χ0v) is 11.8. The van der Waals surface area contributed by atoms with Crippen LogP contribution in [0.2, 0.25) is 0 Å². The minimum Gasteiger partial charge on any atom is -0.399 e. The Hall–Kier alpha value is -0.630.